The second-order valence-corrected chi connectivity index (χ2v) is 6.44. The number of carbonyl (C=O) groups is 2. The van der Waals surface area contributed by atoms with Crippen LogP contribution in [0.1, 0.15) is 28.4 Å². The molecule has 1 amide bonds. The Morgan fingerprint density at radius 2 is 2.07 bits per heavy atom. The molecule has 27 heavy (non-hydrogen) atoms. The Bertz CT molecular complexity index is 850. The molecule has 0 aliphatic rings. The standard InChI is InChI=1S/C19H20N4O3S/c1-2-26-19(25)15-10-14(11-20)18(23-17(15)21)27-12-16(24)22-9-8-13-6-4-3-5-7-13/h3-7,10H,2,8-9,12H2,1H3,(H2,21,23)(H,22,24). The first-order chi connectivity index (χ1) is 13.0. The summed E-state index contributed by atoms with van der Waals surface area (Å²) >= 11 is 1.10. The lowest BCUT2D eigenvalue weighted by Gasteiger charge is -2.09. The SMILES string of the molecule is CCOC(=O)c1cc(C#N)c(SCC(=O)NCCc2ccccc2)nc1N. The number of nitrogens with one attached hydrogen (secondary N) is 1. The minimum atomic E-state index is -0.630. The minimum absolute atomic E-state index is 0.0283. The number of esters is 1. The number of amides is 1. The first-order valence-corrected chi connectivity index (χ1v) is 9.34. The summed E-state index contributed by atoms with van der Waals surface area (Å²) in [5.74, 6) is -0.738. The molecule has 3 N–H and O–H groups in total. The molecule has 2 rings (SSSR count). The number of thioether (sulfide) groups is 1. The summed E-state index contributed by atoms with van der Waals surface area (Å²) in [7, 11) is 0. The van der Waals surface area contributed by atoms with Gasteiger partial charge in [-0.15, -0.1) is 0 Å². The molecule has 0 aliphatic heterocycles. The molecule has 8 heteroatoms. The van der Waals surface area contributed by atoms with Crippen molar-refractivity contribution in [2.75, 3.05) is 24.6 Å². The van der Waals surface area contributed by atoms with Gasteiger partial charge in [-0.1, -0.05) is 42.1 Å². The number of hydrogen-bond acceptors (Lipinski definition) is 7. The van der Waals surface area contributed by atoms with Crippen LogP contribution in [0.4, 0.5) is 5.82 Å². The van der Waals surface area contributed by atoms with E-state index in [4.69, 9.17) is 10.5 Å². The fourth-order valence-electron chi connectivity index (χ4n) is 2.25. The number of nitrogen functional groups attached to an aromatic ring is 1. The quantitative estimate of drug-likeness (QED) is 0.529. The molecule has 1 heterocycles. The van der Waals surface area contributed by atoms with Crippen LogP contribution in [0.5, 0.6) is 0 Å². The highest BCUT2D eigenvalue weighted by molar-refractivity contribution is 8.00. The van der Waals surface area contributed by atoms with E-state index in [9.17, 15) is 14.9 Å². The summed E-state index contributed by atoms with van der Waals surface area (Å²) < 4.78 is 4.89. The highest BCUT2D eigenvalue weighted by atomic mass is 32.2. The zero-order valence-electron chi connectivity index (χ0n) is 14.9. The molecule has 0 aliphatic carbocycles. The van der Waals surface area contributed by atoms with E-state index in [0.717, 1.165) is 23.7 Å². The van der Waals surface area contributed by atoms with Gasteiger partial charge in [0.1, 0.15) is 22.5 Å². The number of benzene rings is 1. The summed E-state index contributed by atoms with van der Waals surface area (Å²) in [4.78, 5) is 27.9. The first kappa shape index (κ1) is 20.3. The fraction of sp³-hybridized carbons (Fsp3) is 0.263. The van der Waals surface area contributed by atoms with E-state index >= 15 is 0 Å². The Morgan fingerprint density at radius 3 is 2.74 bits per heavy atom. The van der Waals surface area contributed by atoms with Crippen molar-refractivity contribution in [3.05, 3.63) is 53.1 Å². The maximum atomic E-state index is 12.0. The molecule has 0 unspecified atom stereocenters. The number of hydrogen-bond donors (Lipinski definition) is 2. The van der Waals surface area contributed by atoms with E-state index in [2.05, 4.69) is 10.3 Å². The maximum absolute atomic E-state index is 12.0. The number of rotatable bonds is 8. The van der Waals surface area contributed by atoms with Gasteiger partial charge in [-0.25, -0.2) is 9.78 Å². The smallest absolute Gasteiger partial charge is 0.341 e. The van der Waals surface area contributed by atoms with Crippen molar-refractivity contribution < 1.29 is 14.3 Å². The fourth-order valence-corrected chi connectivity index (χ4v) is 3.04. The number of nitrogens with zero attached hydrogens (tertiary/aromatic N) is 2. The second kappa shape index (κ2) is 10.2. The lowest BCUT2D eigenvalue weighted by atomic mass is 10.1. The van der Waals surface area contributed by atoms with E-state index in [0.29, 0.717) is 11.6 Å². The van der Waals surface area contributed by atoms with Crippen molar-refractivity contribution in [2.24, 2.45) is 0 Å². The van der Waals surface area contributed by atoms with Crippen LogP contribution >= 0.6 is 11.8 Å². The van der Waals surface area contributed by atoms with Crippen molar-refractivity contribution >= 4 is 29.5 Å². The van der Waals surface area contributed by atoms with Crippen molar-refractivity contribution in [1.29, 1.82) is 5.26 Å². The van der Waals surface area contributed by atoms with Crippen molar-refractivity contribution in [3.8, 4) is 6.07 Å². The van der Waals surface area contributed by atoms with Crippen LogP contribution in [0.2, 0.25) is 0 Å². The van der Waals surface area contributed by atoms with E-state index in [1.54, 1.807) is 6.92 Å². The zero-order chi connectivity index (χ0) is 19.6. The minimum Gasteiger partial charge on any atom is -0.462 e. The Kier molecular flexibility index (Phi) is 7.64. The number of nitrogens with two attached hydrogens (primary N) is 1. The second-order valence-electron chi connectivity index (χ2n) is 5.48. The largest absolute Gasteiger partial charge is 0.462 e. The molecule has 0 atom stereocenters. The van der Waals surface area contributed by atoms with Crippen LogP contribution in [-0.4, -0.2) is 35.8 Å². The van der Waals surface area contributed by atoms with Crippen LogP contribution in [0.15, 0.2) is 41.4 Å². The Hall–Kier alpha value is -3.05. The molecule has 1 aromatic carbocycles. The summed E-state index contributed by atoms with van der Waals surface area (Å²) in [5.41, 5.74) is 7.15. The molecule has 2 aromatic rings. The van der Waals surface area contributed by atoms with Gasteiger partial charge in [-0.05, 0) is 25.0 Å². The highest BCUT2D eigenvalue weighted by Crippen LogP contribution is 2.24. The summed E-state index contributed by atoms with van der Waals surface area (Å²) in [5, 5.41) is 12.4. The third kappa shape index (κ3) is 6.01. The lowest BCUT2D eigenvalue weighted by Crippen LogP contribution is -2.27. The Labute approximate surface area is 161 Å². The van der Waals surface area contributed by atoms with Gasteiger partial charge in [0.25, 0.3) is 0 Å². The molecule has 0 saturated heterocycles. The van der Waals surface area contributed by atoms with Gasteiger partial charge in [0, 0.05) is 6.54 Å². The van der Waals surface area contributed by atoms with Crippen molar-refractivity contribution in [1.82, 2.24) is 10.3 Å². The number of carbonyl (C=O) groups excluding carboxylic acids is 2. The van der Waals surface area contributed by atoms with Gasteiger partial charge < -0.3 is 15.8 Å². The van der Waals surface area contributed by atoms with E-state index in [-0.39, 0.29) is 35.2 Å². The topological polar surface area (TPSA) is 118 Å². The molecule has 0 radical (unpaired) electrons. The molecular formula is C19H20N4O3S. The van der Waals surface area contributed by atoms with Crippen molar-refractivity contribution in [3.63, 3.8) is 0 Å². The average Bonchev–Trinajstić information content (AvgIpc) is 2.67. The van der Waals surface area contributed by atoms with E-state index in [1.165, 1.54) is 6.07 Å². The Balaban J connectivity index is 1.92. The molecule has 0 spiro atoms. The van der Waals surface area contributed by atoms with Crippen LogP contribution in [0, 0.1) is 11.3 Å². The number of nitriles is 1. The van der Waals surface area contributed by atoms with Gasteiger partial charge in [0.05, 0.1) is 17.9 Å². The molecule has 0 fully saturated rings. The van der Waals surface area contributed by atoms with Crippen LogP contribution < -0.4 is 11.1 Å². The van der Waals surface area contributed by atoms with Crippen molar-refractivity contribution in [2.45, 2.75) is 18.4 Å². The normalized spacial score (nSPS) is 10.1. The van der Waals surface area contributed by atoms with Gasteiger partial charge in [0.2, 0.25) is 5.91 Å². The molecule has 140 valence electrons. The molecular weight excluding hydrogens is 364 g/mol. The van der Waals surface area contributed by atoms with Gasteiger partial charge in [-0.2, -0.15) is 5.26 Å². The van der Waals surface area contributed by atoms with Crippen LogP contribution in [-0.2, 0) is 16.0 Å². The van der Waals surface area contributed by atoms with Gasteiger partial charge in [0.15, 0.2) is 0 Å². The van der Waals surface area contributed by atoms with Crippen LogP contribution in [0.25, 0.3) is 0 Å². The van der Waals surface area contributed by atoms with E-state index < -0.39 is 5.97 Å². The molecule has 0 bridgehead atoms. The van der Waals surface area contributed by atoms with Crippen LogP contribution in [0.3, 0.4) is 0 Å². The first-order valence-electron chi connectivity index (χ1n) is 8.36. The maximum Gasteiger partial charge on any atom is 0.341 e. The lowest BCUT2D eigenvalue weighted by molar-refractivity contribution is -0.118. The number of ether oxygens (including phenoxy) is 1. The average molecular weight is 384 g/mol. The highest BCUT2D eigenvalue weighted by Gasteiger charge is 2.17. The monoisotopic (exact) mass is 384 g/mol. The molecule has 0 saturated carbocycles. The predicted molar refractivity (Wildman–Crippen MR) is 103 cm³/mol. The van der Waals surface area contributed by atoms with E-state index in [1.807, 2.05) is 36.4 Å². The summed E-state index contributed by atoms with van der Waals surface area (Å²) in [6, 6.07) is 13.2. The van der Waals surface area contributed by atoms with Gasteiger partial charge in [-0.3, -0.25) is 4.79 Å². The Morgan fingerprint density at radius 1 is 1.33 bits per heavy atom. The zero-order valence-corrected chi connectivity index (χ0v) is 15.7. The third-order valence-electron chi connectivity index (χ3n) is 3.55. The number of pyridine rings is 1. The summed E-state index contributed by atoms with van der Waals surface area (Å²) in [6.45, 7) is 2.39. The predicted octanol–water partition coefficient (Wildman–Crippen LogP) is 2.16. The number of aromatic nitrogens is 1. The number of anilines is 1. The summed E-state index contributed by atoms with van der Waals surface area (Å²) in [6.07, 6.45) is 0.736. The molecule has 7 nitrogen and oxygen atoms in total. The third-order valence-corrected chi connectivity index (χ3v) is 4.54. The van der Waals surface area contributed by atoms with Gasteiger partial charge >= 0.3 is 5.97 Å². The molecule has 1 aromatic heterocycles.